The molecule has 3 aromatic rings. The molecule has 8 heteroatoms. The van der Waals surface area contributed by atoms with Crippen molar-refractivity contribution < 1.29 is 4.74 Å². The Balaban J connectivity index is 1.77. The SMILES string of the molecule is CCOc1ccc(-c2n[nH]c(=S)n2N/N=C/c2ccc(SC)cc2)cc1. The lowest BCUT2D eigenvalue weighted by atomic mass is 10.2. The first-order valence-corrected chi connectivity index (χ1v) is 9.68. The van der Waals surface area contributed by atoms with E-state index in [4.69, 9.17) is 17.0 Å². The standard InChI is InChI=1S/C18H19N5OS2/c1-3-24-15-8-6-14(7-9-15)17-20-21-18(25)23(17)22-19-12-13-4-10-16(26-2)11-5-13/h4-12,22H,3H2,1-2H3,(H,21,25)/b19-12+. The lowest BCUT2D eigenvalue weighted by molar-refractivity contribution is 0.340. The zero-order valence-electron chi connectivity index (χ0n) is 14.5. The molecule has 2 aromatic carbocycles. The van der Waals surface area contributed by atoms with Gasteiger partial charge in [-0.25, -0.2) is 10.6 Å². The van der Waals surface area contributed by atoms with Crippen molar-refractivity contribution in [1.29, 1.82) is 0 Å². The van der Waals surface area contributed by atoms with E-state index in [1.807, 2.05) is 49.6 Å². The lowest BCUT2D eigenvalue weighted by Gasteiger charge is -2.07. The molecule has 0 saturated heterocycles. The molecule has 0 aliphatic carbocycles. The second-order valence-electron chi connectivity index (χ2n) is 5.28. The minimum Gasteiger partial charge on any atom is -0.494 e. The van der Waals surface area contributed by atoms with Crippen molar-refractivity contribution in [1.82, 2.24) is 14.9 Å². The highest BCUT2D eigenvalue weighted by Crippen LogP contribution is 2.20. The van der Waals surface area contributed by atoms with Crippen molar-refractivity contribution in [3.63, 3.8) is 0 Å². The molecular formula is C18H19N5OS2. The number of aromatic amines is 1. The van der Waals surface area contributed by atoms with E-state index >= 15 is 0 Å². The third-order valence-corrected chi connectivity index (χ3v) is 4.60. The van der Waals surface area contributed by atoms with Crippen LogP contribution in [0.1, 0.15) is 12.5 Å². The topological polar surface area (TPSA) is 67.2 Å². The molecular weight excluding hydrogens is 366 g/mol. The number of hydrogen-bond donors (Lipinski definition) is 2. The van der Waals surface area contributed by atoms with Gasteiger partial charge in [-0.15, -0.1) is 11.8 Å². The van der Waals surface area contributed by atoms with Crippen LogP contribution in [0.5, 0.6) is 5.75 Å². The van der Waals surface area contributed by atoms with Crippen molar-refractivity contribution in [2.75, 3.05) is 18.4 Å². The molecule has 0 saturated carbocycles. The van der Waals surface area contributed by atoms with Gasteiger partial charge >= 0.3 is 0 Å². The molecule has 1 aromatic heterocycles. The molecule has 2 N–H and O–H groups in total. The maximum absolute atomic E-state index is 5.47. The third-order valence-electron chi connectivity index (χ3n) is 3.58. The number of nitrogens with one attached hydrogen (secondary N) is 2. The van der Waals surface area contributed by atoms with Gasteiger partial charge in [-0.1, -0.05) is 12.1 Å². The summed E-state index contributed by atoms with van der Waals surface area (Å²) in [5, 5.41) is 11.3. The molecule has 0 amide bonds. The molecule has 6 nitrogen and oxygen atoms in total. The molecule has 1 heterocycles. The smallest absolute Gasteiger partial charge is 0.216 e. The summed E-state index contributed by atoms with van der Waals surface area (Å²) in [5.74, 6) is 1.46. The monoisotopic (exact) mass is 385 g/mol. The van der Waals surface area contributed by atoms with Crippen LogP contribution < -0.4 is 10.3 Å². The number of aromatic nitrogens is 3. The Labute approximate surface area is 161 Å². The minimum absolute atomic E-state index is 0.434. The summed E-state index contributed by atoms with van der Waals surface area (Å²) in [5.41, 5.74) is 4.82. The van der Waals surface area contributed by atoms with Gasteiger partial charge in [0.25, 0.3) is 0 Å². The van der Waals surface area contributed by atoms with E-state index in [1.165, 1.54) is 4.90 Å². The van der Waals surface area contributed by atoms with Crippen molar-refractivity contribution in [3.05, 3.63) is 58.9 Å². The van der Waals surface area contributed by atoms with E-state index < -0.39 is 0 Å². The number of rotatable bonds is 7. The quantitative estimate of drug-likeness (QED) is 0.275. The van der Waals surface area contributed by atoms with Crippen LogP contribution in [0, 0.1) is 4.77 Å². The van der Waals surface area contributed by atoms with Gasteiger partial charge in [0.1, 0.15) is 5.75 Å². The number of thioether (sulfide) groups is 1. The zero-order chi connectivity index (χ0) is 18.4. The van der Waals surface area contributed by atoms with Crippen LogP contribution in [0.4, 0.5) is 0 Å². The van der Waals surface area contributed by atoms with Gasteiger partial charge in [0.2, 0.25) is 4.77 Å². The molecule has 0 atom stereocenters. The number of hydrogen-bond acceptors (Lipinski definition) is 6. The van der Waals surface area contributed by atoms with Crippen LogP contribution in [0.2, 0.25) is 0 Å². The van der Waals surface area contributed by atoms with Gasteiger partial charge in [0.05, 0.1) is 12.8 Å². The Morgan fingerprint density at radius 1 is 1.23 bits per heavy atom. The number of ether oxygens (including phenoxy) is 1. The van der Waals surface area contributed by atoms with E-state index in [0.29, 0.717) is 17.2 Å². The van der Waals surface area contributed by atoms with Crippen LogP contribution >= 0.6 is 24.0 Å². The van der Waals surface area contributed by atoms with Crippen LogP contribution in [-0.2, 0) is 0 Å². The van der Waals surface area contributed by atoms with E-state index in [0.717, 1.165) is 16.9 Å². The number of hydrazone groups is 1. The molecule has 0 fully saturated rings. The summed E-state index contributed by atoms with van der Waals surface area (Å²) in [6.07, 6.45) is 3.79. The van der Waals surface area contributed by atoms with Crippen molar-refractivity contribution >= 4 is 30.2 Å². The Kier molecular flexibility index (Phi) is 6.08. The zero-order valence-corrected chi connectivity index (χ0v) is 16.1. The Morgan fingerprint density at radius 3 is 2.62 bits per heavy atom. The van der Waals surface area contributed by atoms with E-state index in [-0.39, 0.29) is 0 Å². The number of benzene rings is 2. The van der Waals surface area contributed by atoms with Crippen LogP contribution in [0.3, 0.4) is 0 Å². The highest BCUT2D eigenvalue weighted by molar-refractivity contribution is 7.98. The van der Waals surface area contributed by atoms with Gasteiger partial charge in [0.15, 0.2) is 5.82 Å². The summed E-state index contributed by atoms with van der Waals surface area (Å²) >= 11 is 6.99. The largest absolute Gasteiger partial charge is 0.494 e. The maximum atomic E-state index is 5.47. The highest BCUT2D eigenvalue weighted by atomic mass is 32.2. The summed E-state index contributed by atoms with van der Waals surface area (Å²) in [6.45, 7) is 2.59. The van der Waals surface area contributed by atoms with Crippen molar-refractivity contribution in [3.8, 4) is 17.1 Å². The summed E-state index contributed by atoms with van der Waals surface area (Å²) in [6, 6.07) is 15.8. The average Bonchev–Trinajstić information content (AvgIpc) is 3.04. The molecule has 0 bridgehead atoms. The molecule has 3 rings (SSSR count). The fourth-order valence-electron chi connectivity index (χ4n) is 2.30. The third kappa shape index (κ3) is 4.33. The predicted octanol–water partition coefficient (Wildman–Crippen LogP) is 4.31. The molecule has 26 heavy (non-hydrogen) atoms. The molecule has 0 aliphatic rings. The maximum Gasteiger partial charge on any atom is 0.216 e. The minimum atomic E-state index is 0.434. The van der Waals surface area contributed by atoms with Gasteiger partial charge < -0.3 is 4.74 Å². The van der Waals surface area contributed by atoms with Gasteiger partial charge in [-0.2, -0.15) is 14.9 Å². The van der Waals surface area contributed by atoms with E-state index in [1.54, 1.807) is 22.7 Å². The average molecular weight is 386 g/mol. The number of nitrogens with zero attached hydrogens (tertiary/aromatic N) is 3. The van der Waals surface area contributed by atoms with Gasteiger partial charge in [0, 0.05) is 10.5 Å². The number of H-pyrrole nitrogens is 1. The molecule has 0 aliphatic heterocycles. The molecule has 134 valence electrons. The highest BCUT2D eigenvalue weighted by Gasteiger charge is 2.08. The van der Waals surface area contributed by atoms with Crippen molar-refractivity contribution in [2.45, 2.75) is 11.8 Å². The fourth-order valence-corrected chi connectivity index (χ4v) is 2.88. The van der Waals surface area contributed by atoms with Gasteiger partial charge in [-0.05, 0) is 67.4 Å². The predicted molar refractivity (Wildman–Crippen MR) is 109 cm³/mol. The van der Waals surface area contributed by atoms with E-state index in [9.17, 15) is 0 Å². The van der Waals surface area contributed by atoms with Crippen molar-refractivity contribution in [2.24, 2.45) is 5.10 Å². The lowest BCUT2D eigenvalue weighted by Crippen LogP contribution is -2.10. The first-order valence-electron chi connectivity index (χ1n) is 8.05. The van der Waals surface area contributed by atoms with Crippen LogP contribution in [0.25, 0.3) is 11.4 Å². The van der Waals surface area contributed by atoms with E-state index in [2.05, 4.69) is 33.0 Å². The fraction of sp³-hybridized carbons (Fsp3) is 0.167. The Hall–Kier alpha value is -2.58. The molecule has 0 unspecified atom stereocenters. The summed E-state index contributed by atoms with van der Waals surface area (Å²) in [7, 11) is 0. The summed E-state index contributed by atoms with van der Waals surface area (Å²) < 4.78 is 7.52. The first kappa shape index (κ1) is 18.2. The second-order valence-corrected chi connectivity index (χ2v) is 6.54. The second kappa shape index (κ2) is 8.68. The van der Waals surface area contributed by atoms with Crippen LogP contribution in [0.15, 0.2) is 58.5 Å². The summed E-state index contributed by atoms with van der Waals surface area (Å²) in [4.78, 5) is 1.21. The molecule has 0 spiro atoms. The Bertz CT molecular complexity index is 929. The molecule has 0 radical (unpaired) electrons. The van der Waals surface area contributed by atoms with Crippen LogP contribution in [-0.4, -0.2) is 34.0 Å². The Morgan fingerprint density at radius 2 is 1.96 bits per heavy atom. The first-order chi connectivity index (χ1) is 12.7. The van der Waals surface area contributed by atoms with Gasteiger partial charge in [-0.3, -0.25) is 0 Å². The normalized spacial score (nSPS) is 11.0.